The Morgan fingerprint density at radius 2 is 2.04 bits per heavy atom. The highest BCUT2D eigenvalue weighted by Gasteiger charge is 2.45. The number of hydrogen-bond donors (Lipinski definition) is 1. The summed E-state index contributed by atoms with van der Waals surface area (Å²) in [5.74, 6) is 0.686. The molecule has 7 heteroatoms. The van der Waals surface area contributed by atoms with Crippen molar-refractivity contribution in [3.8, 4) is 0 Å². The molecule has 1 aliphatic carbocycles. The summed E-state index contributed by atoms with van der Waals surface area (Å²) >= 11 is 0. The van der Waals surface area contributed by atoms with Crippen LogP contribution in [0.3, 0.4) is 0 Å². The van der Waals surface area contributed by atoms with Gasteiger partial charge in [-0.3, -0.25) is 4.79 Å². The molecule has 24 heavy (non-hydrogen) atoms. The molecular weight excluding hydrogens is 326 g/mol. The first-order valence-corrected chi connectivity index (χ1v) is 9.98. The van der Waals surface area contributed by atoms with E-state index in [9.17, 15) is 13.2 Å². The van der Waals surface area contributed by atoms with Crippen LogP contribution in [0.2, 0.25) is 0 Å². The summed E-state index contributed by atoms with van der Waals surface area (Å²) < 4.78 is 27.6. The number of anilines is 1. The number of nitrogens with zero attached hydrogens (tertiary/aromatic N) is 2. The Kier molecular flexibility index (Phi) is 3.71. The molecule has 1 saturated heterocycles. The van der Waals surface area contributed by atoms with Gasteiger partial charge in [-0.15, -0.1) is 0 Å². The van der Waals surface area contributed by atoms with Crippen LogP contribution in [0.25, 0.3) is 0 Å². The van der Waals surface area contributed by atoms with Gasteiger partial charge in [-0.05, 0) is 54.9 Å². The third kappa shape index (κ3) is 2.37. The zero-order chi connectivity index (χ0) is 17.1. The molecular formula is C17H23N3O3S. The zero-order valence-electron chi connectivity index (χ0n) is 13.8. The highest BCUT2D eigenvalue weighted by molar-refractivity contribution is 7.89. The maximum Gasteiger partial charge on any atom is 0.243 e. The first-order valence-electron chi connectivity index (χ1n) is 8.54. The molecule has 0 aromatic heterocycles. The molecule has 3 aliphatic rings. The van der Waals surface area contributed by atoms with Crippen LogP contribution in [0, 0.1) is 11.8 Å². The summed E-state index contributed by atoms with van der Waals surface area (Å²) in [6.07, 6.45) is 2.73. The summed E-state index contributed by atoms with van der Waals surface area (Å²) in [4.78, 5) is 13.7. The van der Waals surface area contributed by atoms with Gasteiger partial charge in [0.15, 0.2) is 0 Å². The Hall–Kier alpha value is -1.44. The molecule has 3 unspecified atom stereocenters. The minimum atomic E-state index is -3.49. The Bertz CT molecular complexity index is 792. The van der Waals surface area contributed by atoms with E-state index in [2.05, 4.69) is 0 Å². The van der Waals surface area contributed by atoms with Gasteiger partial charge >= 0.3 is 0 Å². The number of carbonyl (C=O) groups excluding carboxylic acids is 1. The fourth-order valence-electron chi connectivity index (χ4n) is 4.48. The van der Waals surface area contributed by atoms with E-state index in [-0.39, 0.29) is 11.9 Å². The second kappa shape index (κ2) is 5.54. The number of benzene rings is 1. The van der Waals surface area contributed by atoms with Gasteiger partial charge < -0.3 is 10.6 Å². The Morgan fingerprint density at radius 1 is 1.25 bits per heavy atom. The Labute approximate surface area is 142 Å². The highest BCUT2D eigenvalue weighted by Crippen LogP contribution is 2.40. The second-order valence-electron chi connectivity index (χ2n) is 7.20. The lowest BCUT2D eigenvalue weighted by atomic mass is 9.98. The molecule has 1 aromatic rings. The lowest BCUT2D eigenvalue weighted by Gasteiger charge is -2.20. The highest BCUT2D eigenvalue weighted by atomic mass is 32.2. The Balaban J connectivity index is 1.61. The molecule has 2 aliphatic heterocycles. The average molecular weight is 349 g/mol. The van der Waals surface area contributed by atoms with Crippen LogP contribution in [0.15, 0.2) is 23.1 Å². The third-order valence-electron chi connectivity index (χ3n) is 5.84. The number of amides is 1. The van der Waals surface area contributed by atoms with Crippen molar-refractivity contribution in [2.45, 2.75) is 37.1 Å². The van der Waals surface area contributed by atoms with Gasteiger partial charge in [-0.2, -0.15) is 4.31 Å². The molecule has 0 bridgehead atoms. The molecule has 1 aromatic carbocycles. The van der Waals surface area contributed by atoms with Crippen molar-refractivity contribution in [3.05, 3.63) is 23.8 Å². The summed E-state index contributed by atoms with van der Waals surface area (Å²) in [6.45, 7) is 3.27. The molecule has 0 spiro atoms. The summed E-state index contributed by atoms with van der Waals surface area (Å²) in [6, 6.07) is 5.25. The largest absolute Gasteiger partial charge is 0.327 e. The van der Waals surface area contributed by atoms with E-state index >= 15 is 0 Å². The molecule has 1 amide bonds. The topological polar surface area (TPSA) is 83.7 Å². The van der Waals surface area contributed by atoms with Gasteiger partial charge in [-0.1, -0.05) is 0 Å². The predicted octanol–water partition coefficient (Wildman–Crippen LogP) is 0.953. The maximum atomic E-state index is 13.0. The smallest absolute Gasteiger partial charge is 0.243 e. The first-order chi connectivity index (χ1) is 11.4. The van der Waals surface area contributed by atoms with Crippen LogP contribution in [-0.2, 0) is 21.2 Å². The van der Waals surface area contributed by atoms with Gasteiger partial charge in [-0.25, -0.2) is 8.42 Å². The molecule has 1 saturated carbocycles. The van der Waals surface area contributed by atoms with Crippen LogP contribution in [0.4, 0.5) is 5.69 Å². The van der Waals surface area contributed by atoms with E-state index < -0.39 is 10.0 Å². The minimum Gasteiger partial charge on any atom is -0.327 e. The molecule has 130 valence electrons. The van der Waals surface area contributed by atoms with Crippen molar-refractivity contribution in [1.82, 2.24) is 4.31 Å². The molecule has 2 heterocycles. The van der Waals surface area contributed by atoms with E-state index in [1.54, 1.807) is 27.4 Å². The van der Waals surface area contributed by atoms with Crippen LogP contribution >= 0.6 is 0 Å². The van der Waals surface area contributed by atoms with Gasteiger partial charge in [0.25, 0.3) is 0 Å². The van der Waals surface area contributed by atoms with Gasteiger partial charge in [0, 0.05) is 38.3 Å². The lowest BCUT2D eigenvalue weighted by Crippen LogP contribution is -2.33. The number of sulfonamides is 1. The standard InChI is InChI=1S/C17H23N3O3S/c1-11(21)20-7-6-12-8-14(3-5-17(12)20)24(22,23)19-9-13-2-4-16(18)15(13)10-19/h3,5,8,13,15-16H,2,4,6-7,9-10,18H2,1H3. The number of nitrogens with two attached hydrogens (primary N) is 1. The minimum absolute atomic E-state index is 0.00860. The molecule has 4 rings (SSSR count). The van der Waals surface area contributed by atoms with Crippen LogP contribution in [-0.4, -0.2) is 44.3 Å². The predicted molar refractivity (Wildman–Crippen MR) is 91.1 cm³/mol. The zero-order valence-corrected chi connectivity index (χ0v) is 14.6. The van der Waals surface area contributed by atoms with Crippen LogP contribution in [0.1, 0.15) is 25.3 Å². The average Bonchev–Trinajstić information content (AvgIpc) is 3.22. The van der Waals surface area contributed by atoms with E-state index in [0.717, 1.165) is 24.1 Å². The molecule has 6 nitrogen and oxygen atoms in total. The van der Waals surface area contributed by atoms with Crippen molar-refractivity contribution in [3.63, 3.8) is 0 Å². The summed E-state index contributed by atoms with van der Waals surface area (Å²) in [5, 5.41) is 0. The number of hydrogen-bond acceptors (Lipinski definition) is 4. The fraction of sp³-hybridized carbons (Fsp3) is 0.588. The van der Waals surface area contributed by atoms with E-state index in [1.165, 1.54) is 6.92 Å². The van der Waals surface area contributed by atoms with Gasteiger partial charge in [0.05, 0.1) is 4.90 Å². The van der Waals surface area contributed by atoms with Gasteiger partial charge in [0.1, 0.15) is 0 Å². The summed E-state index contributed by atoms with van der Waals surface area (Å²) in [7, 11) is -3.49. The van der Waals surface area contributed by atoms with Crippen molar-refractivity contribution < 1.29 is 13.2 Å². The number of rotatable bonds is 2. The number of fused-ring (bicyclic) bond motifs is 2. The van der Waals surface area contributed by atoms with Crippen LogP contribution < -0.4 is 10.6 Å². The van der Waals surface area contributed by atoms with Gasteiger partial charge in [0.2, 0.25) is 15.9 Å². The van der Waals surface area contributed by atoms with Crippen molar-refractivity contribution in [2.75, 3.05) is 24.5 Å². The lowest BCUT2D eigenvalue weighted by molar-refractivity contribution is -0.116. The molecule has 0 radical (unpaired) electrons. The fourth-order valence-corrected chi connectivity index (χ4v) is 6.06. The van der Waals surface area contributed by atoms with E-state index in [0.29, 0.717) is 42.8 Å². The normalized spacial score (nSPS) is 29.8. The SMILES string of the molecule is CC(=O)N1CCc2cc(S(=O)(=O)N3CC4CCC(N)C4C3)ccc21. The molecule has 2 N–H and O–H groups in total. The maximum absolute atomic E-state index is 13.0. The quantitative estimate of drug-likeness (QED) is 0.862. The molecule has 3 atom stereocenters. The van der Waals surface area contributed by atoms with Crippen molar-refractivity contribution in [2.24, 2.45) is 17.6 Å². The third-order valence-corrected chi connectivity index (χ3v) is 7.67. The second-order valence-corrected chi connectivity index (χ2v) is 9.14. The van der Waals surface area contributed by atoms with Crippen molar-refractivity contribution in [1.29, 1.82) is 0 Å². The van der Waals surface area contributed by atoms with E-state index in [4.69, 9.17) is 5.73 Å². The van der Waals surface area contributed by atoms with Crippen LogP contribution in [0.5, 0.6) is 0 Å². The Morgan fingerprint density at radius 3 is 2.75 bits per heavy atom. The van der Waals surface area contributed by atoms with E-state index in [1.807, 2.05) is 0 Å². The monoisotopic (exact) mass is 349 g/mol. The molecule has 2 fully saturated rings. The first kappa shape index (κ1) is 16.1. The summed E-state index contributed by atoms with van der Waals surface area (Å²) in [5.41, 5.74) is 7.89. The van der Waals surface area contributed by atoms with Crippen molar-refractivity contribution >= 4 is 21.6 Å². The number of carbonyl (C=O) groups is 1.